The summed E-state index contributed by atoms with van der Waals surface area (Å²) in [5, 5.41) is 3.01. The van der Waals surface area contributed by atoms with Crippen LogP contribution in [0.25, 0.3) is 0 Å². The summed E-state index contributed by atoms with van der Waals surface area (Å²) in [6, 6.07) is 11.5. The number of hydrogen-bond acceptors (Lipinski definition) is 3. The van der Waals surface area contributed by atoms with Gasteiger partial charge in [-0.1, -0.05) is 44.2 Å². The van der Waals surface area contributed by atoms with Crippen LogP contribution in [-0.2, 0) is 16.8 Å². The number of amides is 1. The average molecular weight is 341 g/mol. The lowest BCUT2D eigenvalue weighted by Gasteiger charge is -2.22. The highest BCUT2D eigenvalue weighted by atomic mass is 16.2. The molecule has 0 unspecified atom stereocenters. The standard InChI is InChI=1S/C19H23N3O3/c1-18(2)12-19(18,14-6-4-3-5-7-14)13-20-15(23)8-10-22-11-9-16(24)21-17(22)25/h3-7,9,11H,8,10,12-13H2,1-2H3,(H,20,23)(H,21,24,25)/t19-/m0/s1. The normalized spacial score (nSPS) is 20.9. The van der Waals surface area contributed by atoms with Crippen LogP contribution in [0.3, 0.4) is 0 Å². The van der Waals surface area contributed by atoms with Crippen molar-refractivity contribution in [3.63, 3.8) is 0 Å². The molecule has 25 heavy (non-hydrogen) atoms. The van der Waals surface area contributed by atoms with Crippen molar-refractivity contribution in [2.45, 2.75) is 38.6 Å². The molecule has 2 aromatic rings. The molecule has 0 saturated heterocycles. The fourth-order valence-electron chi connectivity index (χ4n) is 3.54. The SMILES string of the molecule is CC1(C)C[C@]1(CNC(=O)CCn1ccc(=O)[nH]c1=O)c1ccccc1. The Kier molecular flexibility index (Phi) is 4.37. The van der Waals surface area contributed by atoms with Crippen molar-refractivity contribution in [1.29, 1.82) is 0 Å². The monoisotopic (exact) mass is 341 g/mol. The number of nitrogens with one attached hydrogen (secondary N) is 2. The van der Waals surface area contributed by atoms with Gasteiger partial charge in [-0.3, -0.25) is 14.6 Å². The lowest BCUT2D eigenvalue weighted by molar-refractivity contribution is -0.121. The third kappa shape index (κ3) is 3.43. The van der Waals surface area contributed by atoms with Crippen molar-refractivity contribution < 1.29 is 4.79 Å². The van der Waals surface area contributed by atoms with E-state index in [1.807, 2.05) is 18.2 Å². The number of aromatic nitrogens is 2. The van der Waals surface area contributed by atoms with E-state index in [1.54, 1.807) is 0 Å². The molecule has 132 valence electrons. The molecule has 2 N–H and O–H groups in total. The first-order chi connectivity index (χ1) is 11.8. The lowest BCUT2D eigenvalue weighted by atomic mass is 9.88. The van der Waals surface area contributed by atoms with E-state index in [0.717, 1.165) is 6.42 Å². The molecule has 1 aliphatic carbocycles. The summed E-state index contributed by atoms with van der Waals surface area (Å²) in [6.07, 6.45) is 2.63. The number of carbonyl (C=O) groups excluding carboxylic acids is 1. The van der Waals surface area contributed by atoms with Crippen LogP contribution in [0.5, 0.6) is 0 Å². The second-order valence-corrected chi connectivity index (χ2v) is 7.34. The van der Waals surface area contributed by atoms with Crippen molar-refractivity contribution in [3.8, 4) is 0 Å². The van der Waals surface area contributed by atoms with Crippen LogP contribution in [0.2, 0.25) is 0 Å². The molecule has 1 amide bonds. The predicted octanol–water partition coefficient (Wildman–Crippen LogP) is 1.41. The van der Waals surface area contributed by atoms with Crippen molar-refractivity contribution >= 4 is 5.91 Å². The van der Waals surface area contributed by atoms with E-state index in [0.29, 0.717) is 6.54 Å². The molecule has 0 spiro atoms. The Labute approximate surface area is 145 Å². The van der Waals surface area contributed by atoms with Gasteiger partial charge in [0.15, 0.2) is 0 Å². The molecule has 0 bridgehead atoms. The summed E-state index contributed by atoms with van der Waals surface area (Å²) in [5.74, 6) is -0.101. The first-order valence-electron chi connectivity index (χ1n) is 8.46. The number of rotatable bonds is 6. The van der Waals surface area contributed by atoms with E-state index >= 15 is 0 Å². The van der Waals surface area contributed by atoms with Crippen LogP contribution >= 0.6 is 0 Å². The molecular weight excluding hydrogens is 318 g/mol. The zero-order valence-electron chi connectivity index (χ0n) is 14.5. The zero-order valence-corrected chi connectivity index (χ0v) is 14.5. The van der Waals surface area contributed by atoms with Crippen LogP contribution in [0.4, 0.5) is 0 Å². The van der Waals surface area contributed by atoms with Gasteiger partial charge >= 0.3 is 5.69 Å². The van der Waals surface area contributed by atoms with Gasteiger partial charge in [-0.15, -0.1) is 0 Å². The predicted molar refractivity (Wildman–Crippen MR) is 95.5 cm³/mol. The van der Waals surface area contributed by atoms with Crippen molar-refractivity contribution in [3.05, 3.63) is 69.0 Å². The topological polar surface area (TPSA) is 84.0 Å². The summed E-state index contributed by atoms with van der Waals surface area (Å²) in [7, 11) is 0. The van der Waals surface area contributed by atoms with E-state index in [2.05, 4.69) is 36.3 Å². The molecule has 1 aromatic carbocycles. The van der Waals surface area contributed by atoms with E-state index in [1.165, 1.54) is 22.4 Å². The fraction of sp³-hybridized carbons (Fsp3) is 0.421. The third-order valence-corrected chi connectivity index (χ3v) is 5.30. The number of carbonyl (C=O) groups is 1. The maximum absolute atomic E-state index is 12.2. The van der Waals surface area contributed by atoms with Gasteiger partial charge in [-0.2, -0.15) is 0 Å². The van der Waals surface area contributed by atoms with Crippen molar-refractivity contribution in [1.82, 2.24) is 14.9 Å². The lowest BCUT2D eigenvalue weighted by Crippen LogP contribution is -2.36. The summed E-state index contributed by atoms with van der Waals surface area (Å²) < 4.78 is 1.33. The van der Waals surface area contributed by atoms with Gasteiger partial charge in [0, 0.05) is 37.2 Å². The average Bonchev–Trinajstić information content (AvgIpc) is 3.15. The van der Waals surface area contributed by atoms with E-state index in [-0.39, 0.29) is 29.7 Å². The maximum Gasteiger partial charge on any atom is 0.328 e. The molecule has 1 heterocycles. The smallest absolute Gasteiger partial charge is 0.328 e. The molecule has 6 nitrogen and oxygen atoms in total. The first kappa shape index (κ1) is 17.2. The van der Waals surface area contributed by atoms with Gasteiger partial charge < -0.3 is 9.88 Å². The van der Waals surface area contributed by atoms with Gasteiger partial charge in [0.2, 0.25) is 5.91 Å². The molecule has 6 heteroatoms. The molecule has 0 radical (unpaired) electrons. The van der Waals surface area contributed by atoms with Gasteiger partial charge in [-0.05, 0) is 17.4 Å². The Morgan fingerprint density at radius 3 is 2.48 bits per heavy atom. The highest BCUT2D eigenvalue weighted by Gasteiger charge is 2.61. The zero-order chi connectivity index (χ0) is 18.1. The van der Waals surface area contributed by atoms with Gasteiger partial charge in [0.25, 0.3) is 5.56 Å². The quantitative estimate of drug-likeness (QED) is 0.833. The van der Waals surface area contributed by atoms with Gasteiger partial charge in [0.1, 0.15) is 0 Å². The highest BCUT2D eigenvalue weighted by molar-refractivity contribution is 5.76. The number of aryl methyl sites for hydroxylation is 1. The summed E-state index contributed by atoms with van der Waals surface area (Å²) in [4.78, 5) is 37.1. The van der Waals surface area contributed by atoms with Crippen LogP contribution in [0.15, 0.2) is 52.2 Å². The minimum atomic E-state index is -0.496. The maximum atomic E-state index is 12.2. The number of nitrogens with zero attached hydrogens (tertiary/aromatic N) is 1. The Morgan fingerprint density at radius 2 is 1.88 bits per heavy atom. The molecule has 1 fully saturated rings. The van der Waals surface area contributed by atoms with Crippen LogP contribution < -0.4 is 16.6 Å². The molecule has 1 aliphatic rings. The first-order valence-corrected chi connectivity index (χ1v) is 8.46. The Bertz CT molecular complexity index is 883. The fourth-order valence-corrected chi connectivity index (χ4v) is 3.54. The van der Waals surface area contributed by atoms with Crippen molar-refractivity contribution in [2.75, 3.05) is 6.54 Å². The third-order valence-electron chi connectivity index (χ3n) is 5.30. The molecule has 0 aliphatic heterocycles. The van der Waals surface area contributed by atoms with E-state index < -0.39 is 11.2 Å². The second kappa shape index (κ2) is 6.35. The molecule has 1 saturated carbocycles. The Balaban J connectivity index is 1.60. The number of benzene rings is 1. The van der Waals surface area contributed by atoms with Crippen LogP contribution in [0, 0.1) is 5.41 Å². The second-order valence-electron chi connectivity index (χ2n) is 7.34. The highest BCUT2D eigenvalue weighted by Crippen LogP contribution is 2.63. The summed E-state index contributed by atoms with van der Waals surface area (Å²) in [6.45, 7) is 5.25. The molecule has 3 rings (SSSR count). The van der Waals surface area contributed by atoms with E-state index in [9.17, 15) is 14.4 Å². The number of hydrogen-bond donors (Lipinski definition) is 2. The molecule has 1 atom stereocenters. The van der Waals surface area contributed by atoms with Crippen LogP contribution in [-0.4, -0.2) is 22.0 Å². The summed E-state index contributed by atoms with van der Waals surface area (Å²) >= 11 is 0. The molecule has 1 aromatic heterocycles. The van der Waals surface area contributed by atoms with Gasteiger partial charge in [0.05, 0.1) is 0 Å². The summed E-state index contributed by atoms with van der Waals surface area (Å²) in [5.41, 5.74) is 0.434. The minimum Gasteiger partial charge on any atom is -0.355 e. The number of aromatic amines is 1. The van der Waals surface area contributed by atoms with E-state index in [4.69, 9.17) is 0 Å². The van der Waals surface area contributed by atoms with Gasteiger partial charge in [-0.25, -0.2) is 4.79 Å². The Hall–Kier alpha value is -2.63. The van der Waals surface area contributed by atoms with Crippen LogP contribution in [0.1, 0.15) is 32.3 Å². The molecular formula is C19H23N3O3. The Morgan fingerprint density at radius 1 is 1.20 bits per heavy atom. The largest absolute Gasteiger partial charge is 0.355 e. The van der Waals surface area contributed by atoms with Crippen molar-refractivity contribution in [2.24, 2.45) is 5.41 Å². The minimum absolute atomic E-state index is 0.0290. The number of H-pyrrole nitrogens is 1.